The van der Waals surface area contributed by atoms with E-state index in [1.54, 1.807) is 6.20 Å². The molecule has 0 aliphatic rings. The average Bonchev–Trinajstić information content (AvgIpc) is 2.61. The number of nitrogens with one attached hydrogen (secondary N) is 1. The maximum atomic E-state index is 12.2. The van der Waals surface area contributed by atoms with Crippen LogP contribution in [0.2, 0.25) is 0 Å². The van der Waals surface area contributed by atoms with E-state index in [0.29, 0.717) is 25.5 Å². The molecular formula is C20H20N2O2. The van der Waals surface area contributed by atoms with Gasteiger partial charge >= 0.3 is 0 Å². The zero-order chi connectivity index (χ0) is 16.8. The standard InChI is InChI=1S/C20H20N2O2/c1-2-24-20-18(8-5-11-21-20)14-22-19(23)13-15-9-10-16-6-3-4-7-17(16)12-15/h3-12H,2,13-14H2,1H3,(H,22,23). The lowest BCUT2D eigenvalue weighted by molar-refractivity contribution is -0.120. The van der Waals surface area contributed by atoms with Crippen molar-refractivity contribution in [1.29, 1.82) is 0 Å². The number of hydrogen-bond acceptors (Lipinski definition) is 3. The minimum atomic E-state index is -0.0171. The van der Waals surface area contributed by atoms with Crippen LogP contribution in [-0.2, 0) is 17.8 Å². The summed E-state index contributed by atoms with van der Waals surface area (Å²) in [5, 5.41) is 5.26. The second-order valence-corrected chi connectivity index (χ2v) is 5.54. The van der Waals surface area contributed by atoms with Crippen molar-refractivity contribution in [2.45, 2.75) is 19.9 Å². The molecule has 0 radical (unpaired) electrons. The molecule has 1 amide bonds. The number of carbonyl (C=O) groups is 1. The van der Waals surface area contributed by atoms with E-state index < -0.39 is 0 Å². The number of pyridine rings is 1. The Balaban J connectivity index is 1.63. The van der Waals surface area contributed by atoms with Gasteiger partial charge in [0.25, 0.3) is 0 Å². The van der Waals surface area contributed by atoms with Gasteiger partial charge in [0, 0.05) is 18.3 Å². The lowest BCUT2D eigenvalue weighted by atomic mass is 10.0. The second kappa shape index (κ2) is 7.59. The van der Waals surface area contributed by atoms with E-state index in [1.165, 1.54) is 5.39 Å². The minimum absolute atomic E-state index is 0.0171. The number of amides is 1. The molecule has 2 aromatic carbocycles. The van der Waals surface area contributed by atoms with Crippen LogP contribution in [0, 0.1) is 0 Å². The Morgan fingerprint density at radius 1 is 1.08 bits per heavy atom. The highest BCUT2D eigenvalue weighted by Crippen LogP contribution is 2.16. The van der Waals surface area contributed by atoms with Gasteiger partial charge in [-0.05, 0) is 29.3 Å². The van der Waals surface area contributed by atoms with Crippen molar-refractivity contribution in [3.8, 4) is 5.88 Å². The lowest BCUT2D eigenvalue weighted by Crippen LogP contribution is -2.25. The first-order valence-corrected chi connectivity index (χ1v) is 8.07. The fourth-order valence-electron chi connectivity index (χ4n) is 2.62. The first kappa shape index (κ1) is 16.0. The normalized spacial score (nSPS) is 10.5. The molecule has 0 saturated heterocycles. The summed E-state index contributed by atoms with van der Waals surface area (Å²) in [5.74, 6) is 0.558. The molecule has 0 spiro atoms. The smallest absolute Gasteiger partial charge is 0.224 e. The van der Waals surface area contributed by atoms with Crippen molar-refractivity contribution in [2.75, 3.05) is 6.61 Å². The number of ether oxygens (including phenoxy) is 1. The number of benzene rings is 2. The molecule has 0 saturated carbocycles. The Kier molecular flexibility index (Phi) is 5.06. The van der Waals surface area contributed by atoms with Crippen molar-refractivity contribution >= 4 is 16.7 Å². The third kappa shape index (κ3) is 3.90. The molecule has 4 nitrogen and oxygen atoms in total. The van der Waals surface area contributed by atoms with Crippen LogP contribution in [0.15, 0.2) is 60.8 Å². The molecule has 1 N–H and O–H groups in total. The third-order valence-electron chi connectivity index (χ3n) is 3.79. The average molecular weight is 320 g/mol. The molecule has 1 aromatic heterocycles. The van der Waals surface area contributed by atoms with Gasteiger partial charge in [-0.1, -0.05) is 48.5 Å². The van der Waals surface area contributed by atoms with Gasteiger partial charge in [0.2, 0.25) is 11.8 Å². The summed E-state index contributed by atoms with van der Waals surface area (Å²) in [4.78, 5) is 16.4. The van der Waals surface area contributed by atoms with E-state index in [0.717, 1.165) is 16.5 Å². The van der Waals surface area contributed by atoms with Crippen molar-refractivity contribution in [2.24, 2.45) is 0 Å². The summed E-state index contributed by atoms with van der Waals surface area (Å²) >= 11 is 0. The van der Waals surface area contributed by atoms with Gasteiger partial charge in [-0.2, -0.15) is 0 Å². The molecule has 0 aliphatic heterocycles. The van der Waals surface area contributed by atoms with Gasteiger partial charge < -0.3 is 10.1 Å². The third-order valence-corrected chi connectivity index (χ3v) is 3.79. The molecule has 24 heavy (non-hydrogen) atoms. The van der Waals surface area contributed by atoms with Crippen LogP contribution < -0.4 is 10.1 Å². The van der Waals surface area contributed by atoms with E-state index >= 15 is 0 Å². The topological polar surface area (TPSA) is 51.2 Å². The Bertz CT molecular complexity index is 846. The molecule has 1 heterocycles. The predicted octanol–water partition coefficient (Wildman–Crippen LogP) is 3.49. The molecule has 3 aromatic rings. The van der Waals surface area contributed by atoms with Crippen molar-refractivity contribution in [3.05, 3.63) is 71.9 Å². The van der Waals surface area contributed by atoms with Crippen LogP contribution in [-0.4, -0.2) is 17.5 Å². The van der Waals surface area contributed by atoms with Gasteiger partial charge in [0.15, 0.2) is 0 Å². The molecular weight excluding hydrogens is 300 g/mol. The predicted molar refractivity (Wildman–Crippen MR) is 94.9 cm³/mol. The fraction of sp³-hybridized carbons (Fsp3) is 0.200. The highest BCUT2D eigenvalue weighted by molar-refractivity contribution is 5.85. The highest BCUT2D eigenvalue weighted by Gasteiger charge is 2.08. The zero-order valence-corrected chi connectivity index (χ0v) is 13.7. The van der Waals surface area contributed by atoms with Gasteiger partial charge in [-0.15, -0.1) is 0 Å². The SMILES string of the molecule is CCOc1ncccc1CNC(=O)Cc1ccc2ccccc2c1. The van der Waals surface area contributed by atoms with E-state index in [-0.39, 0.29) is 5.91 Å². The summed E-state index contributed by atoms with van der Waals surface area (Å²) in [6.45, 7) is 2.88. The molecule has 4 heteroatoms. The molecule has 3 rings (SSSR count). The molecule has 0 fully saturated rings. The number of carbonyl (C=O) groups excluding carboxylic acids is 1. The first-order chi connectivity index (χ1) is 11.8. The van der Waals surface area contributed by atoms with Crippen LogP contribution in [0.4, 0.5) is 0 Å². The molecule has 122 valence electrons. The Labute approximate surface area is 141 Å². The summed E-state index contributed by atoms with van der Waals surface area (Å²) in [6, 6.07) is 18.0. The largest absolute Gasteiger partial charge is 0.478 e. The molecule has 0 aliphatic carbocycles. The summed E-state index contributed by atoms with van der Waals surface area (Å²) in [6.07, 6.45) is 2.04. The number of nitrogens with zero attached hydrogens (tertiary/aromatic N) is 1. The number of rotatable bonds is 6. The van der Waals surface area contributed by atoms with Crippen molar-refractivity contribution < 1.29 is 9.53 Å². The van der Waals surface area contributed by atoms with Crippen LogP contribution in [0.25, 0.3) is 10.8 Å². The van der Waals surface area contributed by atoms with Crippen LogP contribution in [0.5, 0.6) is 5.88 Å². The molecule has 0 atom stereocenters. The van der Waals surface area contributed by atoms with Gasteiger partial charge in [-0.25, -0.2) is 4.98 Å². The zero-order valence-electron chi connectivity index (χ0n) is 13.7. The van der Waals surface area contributed by atoms with Gasteiger partial charge in [0.1, 0.15) is 0 Å². The van der Waals surface area contributed by atoms with Crippen LogP contribution >= 0.6 is 0 Å². The second-order valence-electron chi connectivity index (χ2n) is 5.54. The maximum absolute atomic E-state index is 12.2. The number of fused-ring (bicyclic) bond motifs is 1. The first-order valence-electron chi connectivity index (χ1n) is 8.07. The van der Waals surface area contributed by atoms with E-state index in [9.17, 15) is 4.79 Å². The van der Waals surface area contributed by atoms with Gasteiger partial charge in [-0.3, -0.25) is 4.79 Å². The maximum Gasteiger partial charge on any atom is 0.224 e. The van der Waals surface area contributed by atoms with Crippen molar-refractivity contribution in [3.63, 3.8) is 0 Å². The Morgan fingerprint density at radius 3 is 2.75 bits per heavy atom. The highest BCUT2D eigenvalue weighted by atomic mass is 16.5. The quantitative estimate of drug-likeness (QED) is 0.756. The number of aromatic nitrogens is 1. The Morgan fingerprint density at radius 2 is 1.92 bits per heavy atom. The summed E-state index contributed by atoms with van der Waals surface area (Å²) in [7, 11) is 0. The monoisotopic (exact) mass is 320 g/mol. The molecule has 0 unspecified atom stereocenters. The number of hydrogen-bond donors (Lipinski definition) is 1. The van der Waals surface area contributed by atoms with E-state index in [2.05, 4.69) is 28.5 Å². The Hall–Kier alpha value is -2.88. The van der Waals surface area contributed by atoms with Crippen LogP contribution in [0.3, 0.4) is 0 Å². The fourth-order valence-corrected chi connectivity index (χ4v) is 2.62. The van der Waals surface area contributed by atoms with Gasteiger partial charge in [0.05, 0.1) is 13.0 Å². The minimum Gasteiger partial charge on any atom is -0.478 e. The van der Waals surface area contributed by atoms with Crippen molar-refractivity contribution in [1.82, 2.24) is 10.3 Å². The van der Waals surface area contributed by atoms with E-state index in [1.807, 2.05) is 43.3 Å². The summed E-state index contributed by atoms with van der Waals surface area (Å²) in [5.41, 5.74) is 1.88. The summed E-state index contributed by atoms with van der Waals surface area (Å²) < 4.78 is 5.47. The van der Waals surface area contributed by atoms with Crippen LogP contribution in [0.1, 0.15) is 18.1 Å². The molecule has 0 bridgehead atoms. The van der Waals surface area contributed by atoms with E-state index in [4.69, 9.17) is 4.74 Å². The lowest BCUT2D eigenvalue weighted by Gasteiger charge is -2.10.